The Hall–Kier alpha value is -0.0800. The van der Waals surface area contributed by atoms with Crippen LogP contribution in [0.5, 0.6) is 0 Å². The van der Waals surface area contributed by atoms with E-state index in [4.69, 9.17) is 9.47 Å². The van der Waals surface area contributed by atoms with Gasteiger partial charge in [0.05, 0.1) is 13.2 Å². The van der Waals surface area contributed by atoms with Crippen LogP contribution >= 0.6 is 0 Å². The van der Waals surface area contributed by atoms with Gasteiger partial charge in [-0.05, 0) is 37.0 Å². The molecule has 0 N–H and O–H groups in total. The minimum atomic E-state index is -0.194. The molecule has 0 aromatic carbocycles. The maximum Gasteiger partial charge on any atom is 0.168 e. The lowest BCUT2D eigenvalue weighted by molar-refractivity contribution is -0.299. The van der Waals surface area contributed by atoms with Crippen molar-refractivity contribution in [2.45, 2.75) is 96.7 Å². The second-order valence-electron chi connectivity index (χ2n) is 8.85. The topological polar surface area (TPSA) is 18.5 Å². The molecule has 3 rings (SSSR count). The third-order valence-electron chi connectivity index (χ3n) is 6.80. The van der Waals surface area contributed by atoms with E-state index < -0.39 is 0 Å². The van der Waals surface area contributed by atoms with Crippen LogP contribution in [0.4, 0.5) is 0 Å². The molecule has 0 radical (unpaired) electrons. The molecular weight excluding hydrogens is 284 g/mol. The third kappa shape index (κ3) is 4.95. The summed E-state index contributed by atoms with van der Waals surface area (Å²) in [6.45, 7) is 6.57. The Morgan fingerprint density at radius 1 is 0.826 bits per heavy atom. The smallest absolute Gasteiger partial charge is 0.168 e. The summed E-state index contributed by atoms with van der Waals surface area (Å²) < 4.78 is 12.5. The van der Waals surface area contributed by atoms with Crippen LogP contribution in [-0.4, -0.2) is 19.0 Å². The average Bonchev–Trinajstić information content (AvgIpc) is 2.59. The highest BCUT2D eigenvalue weighted by Gasteiger charge is 2.40. The molecule has 0 bridgehead atoms. The first-order valence-electron chi connectivity index (χ1n) is 10.5. The van der Waals surface area contributed by atoms with Crippen LogP contribution in [0.15, 0.2) is 0 Å². The summed E-state index contributed by atoms with van der Waals surface area (Å²) in [6.07, 6.45) is 16.2. The van der Waals surface area contributed by atoms with Crippen molar-refractivity contribution < 1.29 is 9.47 Å². The van der Waals surface area contributed by atoms with Crippen molar-refractivity contribution in [3.63, 3.8) is 0 Å². The Morgan fingerprint density at radius 2 is 1.43 bits per heavy atom. The molecule has 134 valence electrons. The second-order valence-corrected chi connectivity index (χ2v) is 8.85. The van der Waals surface area contributed by atoms with Crippen LogP contribution in [0, 0.1) is 23.7 Å². The van der Waals surface area contributed by atoms with Crippen molar-refractivity contribution in [2.75, 3.05) is 13.2 Å². The maximum atomic E-state index is 6.26. The summed E-state index contributed by atoms with van der Waals surface area (Å²) >= 11 is 0. The minimum Gasteiger partial charge on any atom is -0.350 e. The fourth-order valence-corrected chi connectivity index (χ4v) is 4.98. The minimum absolute atomic E-state index is 0.194. The van der Waals surface area contributed by atoms with Crippen molar-refractivity contribution in [2.24, 2.45) is 23.7 Å². The highest BCUT2D eigenvalue weighted by atomic mass is 16.7. The Bertz CT molecular complexity index is 328. The largest absolute Gasteiger partial charge is 0.350 e. The molecule has 3 fully saturated rings. The molecule has 23 heavy (non-hydrogen) atoms. The fraction of sp³-hybridized carbons (Fsp3) is 1.00. The van der Waals surface area contributed by atoms with Gasteiger partial charge in [0.2, 0.25) is 0 Å². The average molecular weight is 323 g/mol. The Labute approximate surface area is 143 Å². The Morgan fingerprint density at radius 3 is 2.04 bits per heavy atom. The number of rotatable bonds is 5. The van der Waals surface area contributed by atoms with Gasteiger partial charge in [-0.15, -0.1) is 0 Å². The number of unbranched alkanes of at least 4 members (excludes halogenated alkanes) is 1. The van der Waals surface area contributed by atoms with Crippen molar-refractivity contribution in [1.29, 1.82) is 0 Å². The van der Waals surface area contributed by atoms with Gasteiger partial charge in [-0.1, -0.05) is 58.8 Å². The predicted octanol–water partition coefficient (Wildman–Crippen LogP) is 5.94. The molecule has 3 aliphatic rings. The first-order valence-corrected chi connectivity index (χ1v) is 10.5. The fourth-order valence-electron chi connectivity index (χ4n) is 4.98. The summed E-state index contributed by atoms with van der Waals surface area (Å²) in [5, 5.41) is 0. The standard InChI is InChI=1S/C21H38O2/c1-3-4-5-18-6-8-19(9-7-18)14-20-15-22-21(23-16-20)12-10-17(2)11-13-21/h17-20H,3-16H2,1-2H3. The summed E-state index contributed by atoms with van der Waals surface area (Å²) in [4.78, 5) is 0. The first kappa shape index (κ1) is 17.7. The van der Waals surface area contributed by atoms with Gasteiger partial charge in [0.15, 0.2) is 5.79 Å². The maximum absolute atomic E-state index is 6.26. The normalized spacial score (nSPS) is 42.0. The van der Waals surface area contributed by atoms with Crippen LogP contribution in [0.1, 0.15) is 90.9 Å². The monoisotopic (exact) mass is 322 g/mol. The molecule has 1 saturated heterocycles. The number of hydrogen-bond acceptors (Lipinski definition) is 2. The molecule has 1 spiro atoms. The number of ether oxygens (including phenoxy) is 2. The zero-order chi connectivity index (χ0) is 16.1. The van der Waals surface area contributed by atoms with E-state index in [2.05, 4.69) is 13.8 Å². The van der Waals surface area contributed by atoms with E-state index in [9.17, 15) is 0 Å². The molecule has 0 aromatic rings. The van der Waals surface area contributed by atoms with E-state index in [1.807, 2.05) is 0 Å². The Balaban J connectivity index is 1.35. The highest BCUT2D eigenvalue weighted by molar-refractivity contribution is 4.83. The van der Waals surface area contributed by atoms with Crippen molar-refractivity contribution >= 4 is 0 Å². The summed E-state index contributed by atoms with van der Waals surface area (Å²) in [5.74, 6) is 3.27. The Kier molecular flexibility index (Phi) is 6.43. The second kappa shape index (κ2) is 8.34. The highest BCUT2D eigenvalue weighted by Crippen LogP contribution is 2.41. The summed E-state index contributed by atoms with van der Waals surface area (Å²) in [6, 6.07) is 0. The zero-order valence-electron chi connectivity index (χ0n) is 15.5. The van der Waals surface area contributed by atoms with Crippen molar-refractivity contribution in [3.05, 3.63) is 0 Å². The van der Waals surface area contributed by atoms with Gasteiger partial charge in [-0.25, -0.2) is 0 Å². The summed E-state index contributed by atoms with van der Waals surface area (Å²) in [5.41, 5.74) is 0. The van der Waals surface area contributed by atoms with Gasteiger partial charge in [0, 0.05) is 18.8 Å². The van der Waals surface area contributed by atoms with E-state index in [1.165, 1.54) is 64.2 Å². The van der Waals surface area contributed by atoms with E-state index in [-0.39, 0.29) is 5.79 Å². The van der Waals surface area contributed by atoms with Crippen LogP contribution in [0.25, 0.3) is 0 Å². The number of hydrogen-bond donors (Lipinski definition) is 0. The molecule has 0 unspecified atom stereocenters. The molecule has 0 aromatic heterocycles. The SMILES string of the molecule is CCCCC1CCC(CC2COC3(CCC(C)CC3)OC2)CC1. The van der Waals surface area contributed by atoms with E-state index in [0.29, 0.717) is 5.92 Å². The lowest BCUT2D eigenvalue weighted by atomic mass is 9.76. The van der Waals surface area contributed by atoms with E-state index in [1.54, 1.807) is 0 Å². The predicted molar refractivity (Wildman–Crippen MR) is 95.3 cm³/mol. The van der Waals surface area contributed by atoms with Crippen LogP contribution < -0.4 is 0 Å². The molecule has 2 saturated carbocycles. The molecule has 2 aliphatic carbocycles. The molecular formula is C21H38O2. The molecule has 2 nitrogen and oxygen atoms in total. The van der Waals surface area contributed by atoms with Crippen LogP contribution in [0.2, 0.25) is 0 Å². The van der Waals surface area contributed by atoms with Gasteiger partial charge in [0.25, 0.3) is 0 Å². The van der Waals surface area contributed by atoms with E-state index >= 15 is 0 Å². The van der Waals surface area contributed by atoms with Gasteiger partial charge in [0.1, 0.15) is 0 Å². The van der Waals surface area contributed by atoms with Crippen molar-refractivity contribution in [3.8, 4) is 0 Å². The lowest BCUT2D eigenvalue weighted by Crippen LogP contribution is -2.46. The van der Waals surface area contributed by atoms with Crippen LogP contribution in [-0.2, 0) is 9.47 Å². The molecule has 1 aliphatic heterocycles. The van der Waals surface area contributed by atoms with E-state index in [0.717, 1.165) is 43.8 Å². The first-order chi connectivity index (χ1) is 11.2. The molecule has 0 atom stereocenters. The summed E-state index contributed by atoms with van der Waals surface area (Å²) in [7, 11) is 0. The zero-order valence-corrected chi connectivity index (χ0v) is 15.5. The van der Waals surface area contributed by atoms with Crippen LogP contribution in [0.3, 0.4) is 0 Å². The molecule has 2 heteroatoms. The molecule has 1 heterocycles. The van der Waals surface area contributed by atoms with Crippen molar-refractivity contribution in [1.82, 2.24) is 0 Å². The van der Waals surface area contributed by atoms with Gasteiger partial charge < -0.3 is 9.47 Å². The van der Waals surface area contributed by atoms with Gasteiger partial charge >= 0.3 is 0 Å². The quantitative estimate of drug-likeness (QED) is 0.623. The third-order valence-corrected chi connectivity index (χ3v) is 6.80. The van der Waals surface area contributed by atoms with Gasteiger partial charge in [-0.3, -0.25) is 0 Å². The lowest BCUT2D eigenvalue weighted by Gasteiger charge is -2.44. The molecule has 0 amide bonds. The van der Waals surface area contributed by atoms with Gasteiger partial charge in [-0.2, -0.15) is 0 Å².